The Kier molecular flexibility index (Phi) is 4.34. The van der Waals surface area contributed by atoms with E-state index >= 15 is 0 Å². The topological polar surface area (TPSA) is 55.2 Å². The first kappa shape index (κ1) is 12.1. The van der Waals surface area contributed by atoms with Gasteiger partial charge in [-0.1, -0.05) is 12.1 Å². The summed E-state index contributed by atoms with van der Waals surface area (Å²) < 4.78 is 0. The molecule has 0 aliphatic rings. The van der Waals surface area contributed by atoms with Gasteiger partial charge >= 0.3 is 0 Å². The molecule has 84 valence electrons. The monoisotopic (exact) mass is 218 g/mol. The fraction of sp³-hybridized carbons (Fsp3) is 0.333. The molecular formula is C12H14N2O2. The van der Waals surface area contributed by atoms with Gasteiger partial charge in [0.25, 0.3) is 5.69 Å². The minimum Gasteiger partial charge on any atom is -0.378 e. The smallest absolute Gasteiger partial charge is 0.292 e. The van der Waals surface area contributed by atoms with Crippen LogP contribution < -0.4 is 5.32 Å². The number of hydrogen-bond acceptors (Lipinski definition) is 3. The first-order valence-electron chi connectivity index (χ1n) is 5.04. The standard InChI is InChI=1S/C12H14N2O2/c1-3-4-5-9-13-12-10(2)7-6-8-11(12)14(15)16/h6-8,13H,5,9H2,1-2H3. The first-order chi connectivity index (χ1) is 7.66. The number of rotatable bonds is 4. The van der Waals surface area contributed by atoms with Gasteiger partial charge in [-0.15, -0.1) is 11.8 Å². The first-order valence-corrected chi connectivity index (χ1v) is 5.04. The van der Waals surface area contributed by atoms with Crippen molar-refractivity contribution in [1.29, 1.82) is 0 Å². The molecule has 0 atom stereocenters. The van der Waals surface area contributed by atoms with E-state index in [-0.39, 0.29) is 10.6 Å². The summed E-state index contributed by atoms with van der Waals surface area (Å²) in [6.07, 6.45) is 0.683. The highest BCUT2D eigenvalue weighted by Crippen LogP contribution is 2.27. The van der Waals surface area contributed by atoms with E-state index < -0.39 is 0 Å². The number of aryl methyl sites for hydroxylation is 1. The summed E-state index contributed by atoms with van der Waals surface area (Å²) >= 11 is 0. The van der Waals surface area contributed by atoms with Gasteiger partial charge in [-0.25, -0.2) is 0 Å². The molecule has 0 aliphatic carbocycles. The van der Waals surface area contributed by atoms with E-state index in [1.54, 1.807) is 13.0 Å². The summed E-state index contributed by atoms with van der Waals surface area (Å²) in [6, 6.07) is 5.03. The van der Waals surface area contributed by atoms with Gasteiger partial charge in [0.15, 0.2) is 0 Å². The largest absolute Gasteiger partial charge is 0.378 e. The highest BCUT2D eigenvalue weighted by molar-refractivity contribution is 5.65. The molecule has 0 fully saturated rings. The second-order valence-corrected chi connectivity index (χ2v) is 3.33. The molecule has 0 spiro atoms. The maximum Gasteiger partial charge on any atom is 0.292 e. The van der Waals surface area contributed by atoms with Crippen LogP contribution in [0.15, 0.2) is 18.2 Å². The minimum atomic E-state index is -0.374. The number of hydrogen-bond donors (Lipinski definition) is 1. The van der Waals surface area contributed by atoms with Crippen LogP contribution in [-0.4, -0.2) is 11.5 Å². The maximum absolute atomic E-state index is 10.8. The lowest BCUT2D eigenvalue weighted by Gasteiger charge is -2.08. The van der Waals surface area contributed by atoms with Gasteiger partial charge in [-0.05, 0) is 19.4 Å². The zero-order valence-corrected chi connectivity index (χ0v) is 9.41. The van der Waals surface area contributed by atoms with Gasteiger partial charge in [0.05, 0.1) is 4.92 Å². The Bertz CT molecular complexity index is 444. The molecule has 1 rings (SSSR count). The predicted octanol–water partition coefficient (Wildman–Crippen LogP) is 2.73. The van der Waals surface area contributed by atoms with Crippen molar-refractivity contribution in [2.45, 2.75) is 20.3 Å². The van der Waals surface area contributed by atoms with Gasteiger partial charge in [-0.3, -0.25) is 10.1 Å². The quantitative estimate of drug-likeness (QED) is 0.366. The summed E-state index contributed by atoms with van der Waals surface area (Å²) in [5, 5.41) is 13.9. The molecule has 1 aromatic rings. The summed E-state index contributed by atoms with van der Waals surface area (Å²) in [4.78, 5) is 10.4. The molecular weight excluding hydrogens is 204 g/mol. The molecule has 0 saturated carbocycles. The van der Waals surface area contributed by atoms with Gasteiger partial charge in [0, 0.05) is 19.0 Å². The van der Waals surface area contributed by atoms with Crippen LogP contribution in [0.4, 0.5) is 11.4 Å². The van der Waals surface area contributed by atoms with E-state index in [9.17, 15) is 10.1 Å². The molecule has 0 amide bonds. The Balaban J connectivity index is 2.83. The SMILES string of the molecule is CC#CCCNc1c(C)cccc1[N+](=O)[O-]. The summed E-state index contributed by atoms with van der Waals surface area (Å²) in [6.45, 7) is 4.24. The average Bonchev–Trinajstić information content (AvgIpc) is 2.25. The zero-order chi connectivity index (χ0) is 12.0. The van der Waals surface area contributed by atoms with Crippen LogP contribution in [0, 0.1) is 28.9 Å². The fourth-order valence-corrected chi connectivity index (χ4v) is 1.41. The number of nitrogens with zero attached hydrogens (tertiary/aromatic N) is 1. The Morgan fingerprint density at radius 1 is 1.50 bits per heavy atom. The molecule has 4 nitrogen and oxygen atoms in total. The molecule has 0 saturated heterocycles. The fourth-order valence-electron chi connectivity index (χ4n) is 1.41. The van der Waals surface area contributed by atoms with Crippen LogP contribution in [0.3, 0.4) is 0 Å². The Morgan fingerprint density at radius 3 is 2.88 bits per heavy atom. The van der Waals surface area contributed by atoms with E-state index in [1.807, 2.05) is 13.0 Å². The van der Waals surface area contributed by atoms with Crippen LogP contribution in [0.5, 0.6) is 0 Å². The van der Waals surface area contributed by atoms with Crippen molar-refractivity contribution in [2.75, 3.05) is 11.9 Å². The highest BCUT2D eigenvalue weighted by atomic mass is 16.6. The molecule has 0 aromatic heterocycles. The second-order valence-electron chi connectivity index (χ2n) is 3.33. The predicted molar refractivity (Wildman–Crippen MR) is 64.4 cm³/mol. The van der Waals surface area contributed by atoms with Gasteiger partial charge in [0.1, 0.15) is 5.69 Å². The van der Waals surface area contributed by atoms with Crippen LogP contribution in [0.1, 0.15) is 18.9 Å². The third-order valence-electron chi connectivity index (χ3n) is 2.18. The molecule has 0 bridgehead atoms. The zero-order valence-electron chi connectivity index (χ0n) is 9.41. The van der Waals surface area contributed by atoms with Crippen molar-refractivity contribution in [3.63, 3.8) is 0 Å². The van der Waals surface area contributed by atoms with Crippen LogP contribution >= 0.6 is 0 Å². The third-order valence-corrected chi connectivity index (χ3v) is 2.18. The molecule has 0 unspecified atom stereocenters. The number of para-hydroxylation sites is 1. The van der Waals surface area contributed by atoms with Crippen LogP contribution in [-0.2, 0) is 0 Å². The van der Waals surface area contributed by atoms with Crippen molar-refractivity contribution in [2.24, 2.45) is 0 Å². The lowest BCUT2D eigenvalue weighted by Crippen LogP contribution is -2.05. The van der Waals surface area contributed by atoms with Gasteiger partial charge in [0.2, 0.25) is 0 Å². The molecule has 4 heteroatoms. The van der Waals surface area contributed by atoms with Crippen molar-refractivity contribution in [3.8, 4) is 11.8 Å². The third kappa shape index (κ3) is 2.99. The van der Waals surface area contributed by atoms with E-state index in [4.69, 9.17) is 0 Å². The molecule has 0 heterocycles. The minimum absolute atomic E-state index is 0.115. The van der Waals surface area contributed by atoms with Crippen LogP contribution in [0.2, 0.25) is 0 Å². The highest BCUT2D eigenvalue weighted by Gasteiger charge is 2.14. The molecule has 1 aromatic carbocycles. The number of benzene rings is 1. The van der Waals surface area contributed by atoms with Crippen molar-refractivity contribution in [1.82, 2.24) is 0 Å². The van der Waals surface area contributed by atoms with E-state index in [0.717, 1.165) is 5.56 Å². The van der Waals surface area contributed by atoms with Gasteiger partial charge < -0.3 is 5.32 Å². The normalized spacial score (nSPS) is 9.12. The number of nitro benzene ring substituents is 1. The summed E-state index contributed by atoms with van der Waals surface area (Å²) in [5.74, 6) is 5.69. The van der Waals surface area contributed by atoms with Crippen molar-refractivity contribution in [3.05, 3.63) is 33.9 Å². The van der Waals surface area contributed by atoms with E-state index in [0.29, 0.717) is 18.7 Å². The van der Waals surface area contributed by atoms with Crippen LogP contribution in [0.25, 0.3) is 0 Å². The number of nitro groups is 1. The number of anilines is 1. The Hall–Kier alpha value is -2.02. The molecule has 1 N–H and O–H groups in total. The second kappa shape index (κ2) is 5.76. The lowest BCUT2D eigenvalue weighted by molar-refractivity contribution is -0.384. The van der Waals surface area contributed by atoms with Crippen molar-refractivity contribution >= 4 is 11.4 Å². The van der Waals surface area contributed by atoms with Gasteiger partial charge in [-0.2, -0.15) is 0 Å². The van der Waals surface area contributed by atoms with E-state index in [1.165, 1.54) is 6.07 Å². The summed E-state index contributed by atoms with van der Waals surface area (Å²) in [7, 11) is 0. The lowest BCUT2D eigenvalue weighted by atomic mass is 10.1. The molecule has 0 aliphatic heterocycles. The molecule has 0 radical (unpaired) electrons. The Morgan fingerprint density at radius 2 is 2.25 bits per heavy atom. The average molecular weight is 218 g/mol. The Labute approximate surface area is 94.8 Å². The maximum atomic E-state index is 10.8. The summed E-state index contributed by atoms with van der Waals surface area (Å²) in [5.41, 5.74) is 1.58. The van der Waals surface area contributed by atoms with E-state index in [2.05, 4.69) is 17.2 Å². The number of nitrogens with one attached hydrogen (secondary N) is 1. The van der Waals surface area contributed by atoms with Crippen molar-refractivity contribution < 1.29 is 4.92 Å². The molecule has 16 heavy (non-hydrogen) atoms.